The molecule has 0 bridgehead atoms. The lowest BCUT2D eigenvalue weighted by atomic mass is 9.95. The molecule has 1 saturated heterocycles. The molecule has 0 aliphatic carbocycles. The first-order valence-corrected chi connectivity index (χ1v) is 18.8. The SMILES string of the molecule is CCC(C)C(C(=O)NC(Cc1ccccc1)C(O)CN(Cc1ccc(O)cc1)NC(=O)N(CC(C)(C)C)C(=O)OC)N1CCN(Cc2cccc(C)n2)C1=O. The summed E-state index contributed by atoms with van der Waals surface area (Å²) in [4.78, 5) is 63.4. The molecule has 14 heteroatoms. The van der Waals surface area contributed by atoms with Crippen LogP contribution in [0.1, 0.15) is 63.6 Å². The molecule has 298 valence electrons. The first-order valence-electron chi connectivity index (χ1n) is 18.8. The van der Waals surface area contributed by atoms with E-state index in [2.05, 4.69) is 15.7 Å². The molecule has 0 spiro atoms. The van der Waals surface area contributed by atoms with Gasteiger partial charge in [-0.15, -0.1) is 0 Å². The van der Waals surface area contributed by atoms with Gasteiger partial charge in [0.1, 0.15) is 11.8 Å². The number of aromatic nitrogens is 1. The van der Waals surface area contributed by atoms with Gasteiger partial charge in [0.25, 0.3) is 0 Å². The molecule has 4 rings (SSSR count). The number of methoxy groups -OCH3 is 1. The molecule has 0 radical (unpaired) electrons. The molecule has 4 unspecified atom stereocenters. The van der Waals surface area contributed by atoms with Crippen molar-refractivity contribution in [3.8, 4) is 5.75 Å². The Morgan fingerprint density at radius 1 is 0.982 bits per heavy atom. The number of aromatic hydroxyl groups is 1. The van der Waals surface area contributed by atoms with Crippen molar-refractivity contribution in [3.05, 3.63) is 95.3 Å². The summed E-state index contributed by atoms with van der Waals surface area (Å²) in [6, 6.07) is 18.8. The van der Waals surface area contributed by atoms with Gasteiger partial charge in [-0.3, -0.25) is 15.2 Å². The van der Waals surface area contributed by atoms with E-state index in [4.69, 9.17) is 4.74 Å². The van der Waals surface area contributed by atoms with E-state index < -0.39 is 41.6 Å². The largest absolute Gasteiger partial charge is 0.508 e. The minimum Gasteiger partial charge on any atom is -0.508 e. The summed E-state index contributed by atoms with van der Waals surface area (Å²) in [5.74, 6) is -0.531. The number of phenols is 1. The highest BCUT2D eigenvalue weighted by atomic mass is 16.5. The average molecular weight is 760 g/mol. The van der Waals surface area contributed by atoms with Gasteiger partial charge >= 0.3 is 18.2 Å². The lowest BCUT2D eigenvalue weighted by molar-refractivity contribution is -0.128. The summed E-state index contributed by atoms with van der Waals surface area (Å²) in [6.07, 6.45) is -1.20. The Kier molecular flexibility index (Phi) is 15.0. The number of carbonyl (C=O) groups is 4. The van der Waals surface area contributed by atoms with Gasteiger partial charge in [0.15, 0.2) is 0 Å². The van der Waals surface area contributed by atoms with Crippen molar-refractivity contribution < 1.29 is 34.1 Å². The molecule has 4 atom stereocenters. The summed E-state index contributed by atoms with van der Waals surface area (Å²) in [6.45, 7) is 12.5. The first-order chi connectivity index (χ1) is 26.1. The number of urea groups is 2. The maximum Gasteiger partial charge on any atom is 0.417 e. The molecule has 14 nitrogen and oxygen atoms in total. The van der Waals surface area contributed by atoms with Gasteiger partial charge in [0.2, 0.25) is 5.91 Å². The third-order valence-electron chi connectivity index (χ3n) is 9.55. The number of aliphatic hydroxyl groups excluding tert-OH is 1. The van der Waals surface area contributed by atoms with Gasteiger partial charge in [-0.2, -0.15) is 0 Å². The minimum atomic E-state index is -1.24. The van der Waals surface area contributed by atoms with Crippen molar-refractivity contribution in [2.45, 2.75) is 85.7 Å². The lowest BCUT2D eigenvalue weighted by Crippen LogP contribution is -2.59. The van der Waals surface area contributed by atoms with Gasteiger partial charge in [0, 0.05) is 38.4 Å². The first kappa shape index (κ1) is 42.5. The van der Waals surface area contributed by atoms with Crippen LogP contribution in [0.2, 0.25) is 0 Å². The fourth-order valence-corrected chi connectivity index (χ4v) is 6.56. The van der Waals surface area contributed by atoms with Crippen molar-refractivity contribution in [2.24, 2.45) is 11.3 Å². The molecule has 1 aliphatic heterocycles. The van der Waals surface area contributed by atoms with Gasteiger partial charge in [-0.1, -0.05) is 89.6 Å². The number of carbonyl (C=O) groups excluding carboxylic acids is 4. The number of imide groups is 1. The van der Waals surface area contributed by atoms with Crippen LogP contribution in [0.15, 0.2) is 72.8 Å². The van der Waals surface area contributed by atoms with Crippen LogP contribution in [0.4, 0.5) is 14.4 Å². The van der Waals surface area contributed by atoms with E-state index in [-0.39, 0.29) is 43.8 Å². The van der Waals surface area contributed by atoms with E-state index in [1.807, 2.05) is 90.1 Å². The van der Waals surface area contributed by atoms with E-state index in [0.29, 0.717) is 31.6 Å². The predicted octanol–water partition coefficient (Wildman–Crippen LogP) is 5.08. The molecule has 3 aromatic rings. The van der Waals surface area contributed by atoms with E-state index in [1.165, 1.54) is 24.3 Å². The molecule has 2 heterocycles. The Labute approximate surface area is 324 Å². The Balaban J connectivity index is 1.60. The number of nitrogens with zero attached hydrogens (tertiary/aromatic N) is 5. The summed E-state index contributed by atoms with van der Waals surface area (Å²) >= 11 is 0. The van der Waals surface area contributed by atoms with Crippen LogP contribution >= 0.6 is 0 Å². The molecule has 0 saturated carbocycles. The highest BCUT2D eigenvalue weighted by Crippen LogP contribution is 2.23. The predicted molar refractivity (Wildman–Crippen MR) is 208 cm³/mol. The fraction of sp³-hybridized carbons (Fsp3) is 0.488. The summed E-state index contributed by atoms with van der Waals surface area (Å²) in [5, 5.41) is 26.4. The van der Waals surface area contributed by atoms with Gasteiger partial charge < -0.3 is 30.1 Å². The van der Waals surface area contributed by atoms with Crippen LogP contribution in [0.5, 0.6) is 5.75 Å². The third-order valence-corrected chi connectivity index (χ3v) is 9.55. The molecule has 6 amide bonds. The van der Waals surface area contributed by atoms with Crippen molar-refractivity contribution >= 4 is 24.1 Å². The molecule has 1 aromatic heterocycles. The van der Waals surface area contributed by atoms with Crippen LogP contribution in [0.3, 0.4) is 0 Å². The van der Waals surface area contributed by atoms with Crippen LogP contribution in [0.25, 0.3) is 0 Å². The highest BCUT2D eigenvalue weighted by Gasteiger charge is 2.41. The van der Waals surface area contributed by atoms with Gasteiger partial charge in [0.05, 0.1) is 31.5 Å². The molecule has 1 aliphatic rings. The molecular weight excluding hydrogens is 702 g/mol. The normalized spacial score (nSPS) is 15.3. The number of ether oxygens (including phenoxy) is 1. The molecular formula is C41H57N7O7. The van der Waals surface area contributed by atoms with Gasteiger partial charge in [-0.25, -0.2) is 24.3 Å². The topological polar surface area (TPSA) is 168 Å². The molecule has 55 heavy (non-hydrogen) atoms. The smallest absolute Gasteiger partial charge is 0.417 e. The average Bonchev–Trinajstić information content (AvgIpc) is 3.49. The van der Waals surface area contributed by atoms with Crippen LogP contribution in [0, 0.1) is 18.3 Å². The number of hydrogen-bond acceptors (Lipinski definition) is 9. The summed E-state index contributed by atoms with van der Waals surface area (Å²) < 4.78 is 4.91. The highest BCUT2D eigenvalue weighted by molar-refractivity contribution is 5.90. The summed E-state index contributed by atoms with van der Waals surface area (Å²) in [7, 11) is 1.20. The molecule has 1 fully saturated rings. The second kappa shape index (κ2) is 19.4. The zero-order chi connectivity index (χ0) is 40.3. The lowest BCUT2D eigenvalue weighted by Gasteiger charge is -2.35. The van der Waals surface area contributed by atoms with Crippen LogP contribution in [-0.4, -0.2) is 110 Å². The number of nitrogens with one attached hydrogen (secondary N) is 2. The number of amides is 6. The maximum atomic E-state index is 14.4. The van der Waals surface area contributed by atoms with Crippen LogP contribution < -0.4 is 10.7 Å². The molecule has 4 N–H and O–H groups in total. The Hall–Kier alpha value is -5.21. The number of rotatable bonds is 16. The van der Waals surface area contributed by atoms with E-state index in [1.54, 1.807) is 21.9 Å². The second-order valence-electron chi connectivity index (χ2n) is 15.5. The van der Waals surface area contributed by atoms with Gasteiger partial charge in [-0.05, 0) is 60.1 Å². The third kappa shape index (κ3) is 12.4. The van der Waals surface area contributed by atoms with Crippen molar-refractivity contribution in [1.82, 2.24) is 35.4 Å². The fourth-order valence-electron chi connectivity index (χ4n) is 6.56. The number of aliphatic hydroxyl groups is 1. The van der Waals surface area contributed by atoms with Crippen molar-refractivity contribution in [2.75, 3.05) is 33.3 Å². The monoisotopic (exact) mass is 759 g/mol. The Morgan fingerprint density at radius 2 is 1.67 bits per heavy atom. The quantitative estimate of drug-likeness (QED) is 0.146. The maximum absolute atomic E-state index is 14.4. The van der Waals surface area contributed by atoms with E-state index in [0.717, 1.165) is 21.9 Å². The van der Waals surface area contributed by atoms with E-state index >= 15 is 0 Å². The summed E-state index contributed by atoms with van der Waals surface area (Å²) in [5.41, 5.74) is 5.50. The van der Waals surface area contributed by atoms with Crippen molar-refractivity contribution in [3.63, 3.8) is 0 Å². The number of pyridine rings is 1. The van der Waals surface area contributed by atoms with E-state index in [9.17, 15) is 29.4 Å². The number of hydrogen-bond donors (Lipinski definition) is 4. The van der Waals surface area contributed by atoms with Crippen LogP contribution in [-0.2, 0) is 29.0 Å². The standard InChI is InChI=1S/C41H57N7O7/c1-8-28(2)36(47-22-21-45(39(47)53)25-32-16-12-13-29(3)42-32)37(51)43-34(23-30-14-10-9-11-15-30)35(50)26-46(24-31-17-19-33(49)20-18-31)44-38(52)48(40(54)55-7)27-41(4,5)6/h9-20,28,34-36,49-50H,8,21-27H2,1-7H3,(H,43,51)(H,44,52). The second-order valence-corrected chi connectivity index (χ2v) is 15.5. The minimum absolute atomic E-state index is 0.0545. The Morgan fingerprint density at radius 3 is 2.29 bits per heavy atom. The Bertz CT molecular complexity index is 1730. The van der Waals surface area contributed by atoms with Crippen molar-refractivity contribution in [1.29, 1.82) is 0 Å². The molecule has 2 aromatic carbocycles. The zero-order valence-corrected chi connectivity index (χ0v) is 33.1. The number of benzene rings is 2. The number of phenolic OH excluding ortho intramolecular Hbond substituents is 1. The number of hydrazine groups is 1. The number of aryl methyl sites for hydroxylation is 1. The zero-order valence-electron chi connectivity index (χ0n) is 33.1.